The van der Waals surface area contributed by atoms with Gasteiger partial charge in [-0.05, 0) is 51.4 Å². The Morgan fingerprint density at radius 2 is 1.97 bits per heavy atom. The summed E-state index contributed by atoms with van der Waals surface area (Å²) in [6.45, 7) is 8.80. The van der Waals surface area contributed by atoms with Gasteiger partial charge in [0.25, 0.3) is 0 Å². The van der Waals surface area contributed by atoms with Gasteiger partial charge in [0.2, 0.25) is 0 Å². The molecule has 0 radical (unpaired) electrons. The first kappa shape index (κ1) is 27.4. The molecule has 9 heteroatoms. The summed E-state index contributed by atoms with van der Waals surface area (Å²) in [4.78, 5) is 6.73. The summed E-state index contributed by atoms with van der Waals surface area (Å²) < 4.78 is 13.4. The van der Waals surface area contributed by atoms with Crippen LogP contribution >= 0.6 is 24.0 Å². The predicted molar refractivity (Wildman–Crippen MR) is 144 cm³/mol. The van der Waals surface area contributed by atoms with Gasteiger partial charge in [0, 0.05) is 64.2 Å². The second kappa shape index (κ2) is 13.8. The van der Waals surface area contributed by atoms with Crippen molar-refractivity contribution in [1.29, 1.82) is 0 Å². The maximum atomic E-state index is 6.02. The van der Waals surface area contributed by atoms with Crippen LogP contribution in [0.2, 0.25) is 0 Å². The number of ether oxygens (including phenoxy) is 2. The fourth-order valence-corrected chi connectivity index (χ4v) is 4.01. The highest BCUT2D eigenvalue weighted by atomic mass is 127. The first-order valence-electron chi connectivity index (χ1n) is 11.4. The highest BCUT2D eigenvalue weighted by Crippen LogP contribution is 2.15. The third-order valence-corrected chi connectivity index (χ3v) is 6.20. The van der Waals surface area contributed by atoms with Gasteiger partial charge >= 0.3 is 0 Å². The fourth-order valence-electron chi connectivity index (χ4n) is 4.01. The number of nitrogens with one attached hydrogen (secondary N) is 2. The van der Waals surface area contributed by atoms with E-state index < -0.39 is 0 Å². The summed E-state index contributed by atoms with van der Waals surface area (Å²) in [6, 6.07) is 8.83. The second-order valence-electron chi connectivity index (χ2n) is 8.37. The minimum atomic E-state index is 0. The molecule has 0 unspecified atom stereocenters. The van der Waals surface area contributed by atoms with Gasteiger partial charge in [0.1, 0.15) is 12.4 Å². The van der Waals surface area contributed by atoms with Crippen molar-refractivity contribution in [3.63, 3.8) is 0 Å². The van der Waals surface area contributed by atoms with Crippen LogP contribution in [-0.4, -0.2) is 67.1 Å². The summed E-state index contributed by atoms with van der Waals surface area (Å²) in [5.74, 6) is 1.66. The summed E-state index contributed by atoms with van der Waals surface area (Å²) in [5, 5.41) is 11.2. The first-order chi connectivity index (χ1) is 15.5. The summed E-state index contributed by atoms with van der Waals surface area (Å²) in [6.07, 6.45) is 2.21. The smallest absolute Gasteiger partial charge is 0.191 e. The minimum absolute atomic E-state index is 0. The lowest BCUT2D eigenvalue weighted by Crippen LogP contribution is -2.38. The number of benzene rings is 1. The lowest BCUT2D eigenvalue weighted by atomic mass is 10.1. The van der Waals surface area contributed by atoms with E-state index in [1.54, 1.807) is 7.05 Å². The average molecular weight is 571 g/mol. The SMILES string of the molecule is CN=C(NCc1cccc(OCCN(C)C2CCOCC2)c1)NCc1c(C)nn(C)c1C.I. The molecule has 1 aliphatic rings. The fraction of sp³-hybridized carbons (Fsp3) is 0.583. The van der Waals surface area contributed by atoms with Crippen molar-refractivity contribution in [2.24, 2.45) is 12.0 Å². The van der Waals surface area contributed by atoms with Crippen LogP contribution in [-0.2, 0) is 24.9 Å². The Bertz CT molecular complexity index is 895. The lowest BCUT2D eigenvalue weighted by Gasteiger charge is -2.31. The first-order valence-corrected chi connectivity index (χ1v) is 11.4. The molecule has 1 aromatic carbocycles. The van der Waals surface area contributed by atoms with E-state index in [-0.39, 0.29) is 24.0 Å². The molecular weight excluding hydrogens is 531 g/mol. The number of hydrogen-bond acceptors (Lipinski definition) is 5. The molecule has 8 nitrogen and oxygen atoms in total. The number of rotatable bonds is 9. The predicted octanol–water partition coefficient (Wildman–Crippen LogP) is 3.01. The number of likely N-dealkylation sites (N-methyl/N-ethyl adjacent to an activating group) is 1. The number of aliphatic imine (C=N–C) groups is 1. The van der Waals surface area contributed by atoms with Gasteiger partial charge in [-0.25, -0.2) is 0 Å². The summed E-state index contributed by atoms with van der Waals surface area (Å²) in [7, 11) is 5.93. The molecule has 0 spiro atoms. The van der Waals surface area contributed by atoms with Gasteiger partial charge in [0.15, 0.2) is 5.96 Å². The lowest BCUT2D eigenvalue weighted by molar-refractivity contribution is 0.0392. The molecule has 2 N–H and O–H groups in total. The summed E-state index contributed by atoms with van der Waals surface area (Å²) in [5.41, 5.74) is 4.56. The largest absolute Gasteiger partial charge is 0.492 e. The molecule has 0 saturated carbocycles. The zero-order valence-electron chi connectivity index (χ0n) is 20.6. The van der Waals surface area contributed by atoms with Gasteiger partial charge in [-0.1, -0.05) is 12.1 Å². The molecule has 3 rings (SSSR count). The van der Waals surface area contributed by atoms with Gasteiger partial charge < -0.3 is 20.1 Å². The maximum Gasteiger partial charge on any atom is 0.191 e. The van der Waals surface area contributed by atoms with E-state index in [4.69, 9.17) is 9.47 Å². The van der Waals surface area contributed by atoms with Crippen molar-refractivity contribution in [3.05, 3.63) is 46.8 Å². The van der Waals surface area contributed by atoms with Gasteiger partial charge in [-0.2, -0.15) is 5.10 Å². The Balaban J connectivity index is 0.00000385. The Labute approximate surface area is 215 Å². The van der Waals surface area contributed by atoms with Crippen LogP contribution in [0, 0.1) is 13.8 Å². The van der Waals surface area contributed by atoms with Crippen LogP contribution in [0.1, 0.15) is 35.4 Å². The Kier molecular flexibility index (Phi) is 11.4. The molecule has 1 fully saturated rings. The van der Waals surface area contributed by atoms with E-state index in [2.05, 4.69) is 51.7 Å². The van der Waals surface area contributed by atoms with Crippen LogP contribution < -0.4 is 15.4 Å². The topological polar surface area (TPSA) is 75.9 Å². The zero-order chi connectivity index (χ0) is 22.9. The number of aryl methyl sites for hydroxylation is 2. The molecule has 0 bridgehead atoms. The van der Waals surface area contributed by atoms with E-state index in [1.165, 1.54) is 5.56 Å². The van der Waals surface area contributed by atoms with Crippen LogP contribution in [0.15, 0.2) is 29.3 Å². The molecule has 1 saturated heterocycles. The van der Waals surface area contributed by atoms with Gasteiger partial charge in [-0.15, -0.1) is 24.0 Å². The highest BCUT2D eigenvalue weighted by Gasteiger charge is 2.18. The molecular formula is C24H39IN6O2. The van der Waals surface area contributed by atoms with Crippen LogP contribution in [0.25, 0.3) is 0 Å². The molecule has 1 aromatic heterocycles. The standard InChI is InChI=1S/C24H38N6O2.HI/c1-18-23(19(2)30(5)28-18)17-27-24(25-3)26-16-20-7-6-8-22(15-20)32-14-11-29(4)21-9-12-31-13-10-21;/h6-8,15,21H,9-14,16-17H2,1-5H3,(H2,25,26,27);1H. The number of halogens is 1. The Morgan fingerprint density at radius 3 is 2.64 bits per heavy atom. The molecule has 2 heterocycles. The maximum absolute atomic E-state index is 6.02. The van der Waals surface area contributed by atoms with Gasteiger partial charge in [0.05, 0.1) is 5.69 Å². The molecule has 0 amide bonds. The van der Waals surface area contributed by atoms with Crippen molar-refractivity contribution in [2.45, 2.75) is 45.8 Å². The van der Waals surface area contributed by atoms with Crippen LogP contribution in [0.4, 0.5) is 0 Å². The number of hydrogen-bond donors (Lipinski definition) is 2. The van der Waals surface area contributed by atoms with Crippen molar-refractivity contribution in [2.75, 3.05) is 40.5 Å². The zero-order valence-corrected chi connectivity index (χ0v) is 22.9. The molecule has 1 aliphatic heterocycles. The third-order valence-electron chi connectivity index (χ3n) is 6.20. The molecule has 184 valence electrons. The summed E-state index contributed by atoms with van der Waals surface area (Å²) >= 11 is 0. The third kappa shape index (κ3) is 8.15. The van der Waals surface area contributed by atoms with Crippen LogP contribution in [0.3, 0.4) is 0 Å². The van der Waals surface area contributed by atoms with Crippen molar-refractivity contribution < 1.29 is 9.47 Å². The van der Waals surface area contributed by atoms with E-state index in [1.807, 2.05) is 30.8 Å². The molecule has 0 aliphatic carbocycles. The monoisotopic (exact) mass is 570 g/mol. The van der Waals surface area contributed by atoms with Crippen molar-refractivity contribution >= 4 is 29.9 Å². The molecule has 2 aromatic rings. The van der Waals surface area contributed by atoms with Gasteiger partial charge in [-0.3, -0.25) is 14.6 Å². The van der Waals surface area contributed by atoms with Crippen molar-refractivity contribution in [3.8, 4) is 5.75 Å². The van der Waals surface area contributed by atoms with E-state index in [9.17, 15) is 0 Å². The van der Waals surface area contributed by atoms with E-state index in [0.29, 0.717) is 25.7 Å². The molecule has 33 heavy (non-hydrogen) atoms. The number of aromatic nitrogens is 2. The highest BCUT2D eigenvalue weighted by molar-refractivity contribution is 14.0. The van der Waals surface area contributed by atoms with E-state index >= 15 is 0 Å². The molecule has 0 atom stereocenters. The van der Waals surface area contributed by atoms with Crippen LogP contribution in [0.5, 0.6) is 5.75 Å². The van der Waals surface area contributed by atoms with Crippen molar-refractivity contribution in [1.82, 2.24) is 25.3 Å². The van der Waals surface area contributed by atoms with E-state index in [0.717, 1.165) is 61.3 Å². The average Bonchev–Trinajstić information content (AvgIpc) is 3.05. The quantitative estimate of drug-likeness (QED) is 0.275. The second-order valence-corrected chi connectivity index (χ2v) is 8.37. The minimum Gasteiger partial charge on any atom is -0.492 e. The Morgan fingerprint density at radius 1 is 1.24 bits per heavy atom. The number of nitrogens with zero attached hydrogens (tertiary/aromatic N) is 4. The Hall–Kier alpha value is -1.85. The number of guanidine groups is 1. The normalized spacial score (nSPS) is 14.8.